The molecule has 3 rings (SSSR count). The Morgan fingerprint density at radius 1 is 1.14 bits per heavy atom. The van der Waals surface area contributed by atoms with E-state index in [1.54, 1.807) is 50.2 Å². The Labute approximate surface area is 168 Å². The summed E-state index contributed by atoms with van der Waals surface area (Å²) in [5, 5.41) is 18.1. The second-order valence-electron chi connectivity index (χ2n) is 7.38. The van der Waals surface area contributed by atoms with Crippen molar-refractivity contribution in [1.29, 1.82) is 10.5 Å². The highest BCUT2D eigenvalue weighted by molar-refractivity contribution is 5.78. The second-order valence-corrected chi connectivity index (χ2v) is 7.38. The summed E-state index contributed by atoms with van der Waals surface area (Å²) in [5.41, 5.74) is -0.0631. The summed E-state index contributed by atoms with van der Waals surface area (Å²) in [6.07, 6.45) is 0.0189. The average molecular weight is 390 g/mol. The van der Waals surface area contributed by atoms with Gasteiger partial charge in [-0.3, -0.25) is 4.79 Å². The summed E-state index contributed by atoms with van der Waals surface area (Å²) in [4.78, 5) is 12.6. The van der Waals surface area contributed by atoms with Crippen LogP contribution in [0, 0.1) is 39.9 Å². The number of hydrogen-bond acceptors (Lipinski definition) is 5. The van der Waals surface area contributed by atoms with Crippen LogP contribution in [0.2, 0.25) is 0 Å². The van der Waals surface area contributed by atoms with Crippen LogP contribution in [0.25, 0.3) is 0 Å². The number of carbonyl (C=O) groups excluding carboxylic acids is 1. The van der Waals surface area contributed by atoms with Crippen molar-refractivity contribution in [1.82, 2.24) is 0 Å². The molecule has 2 aromatic rings. The van der Waals surface area contributed by atoms with Gasteiger partial charge in [-0.25, -0.2) is 0 Å². The maximum atomic E-state index is 13.3. The molecule has 2 aromatic carbocycles. The van der Waals surface area contributed by atoms with Crippen LogP contribution in [0.5, 0.6) is 11.5 Å². The van der Waals surface area contributed by atoms with E-state index < -0.39 is 35.2 Å². The average Bonchev–Trinajstić information content (AvgIpc) is 3.26. The quantitative estimate of drug-likeness (QED) is 0.498. The van der Waals surface area contributed by atoms with E-state index in [0.717, 1.165) is 6.08 Å². The summed E-state index contributed by atoms with van der Waals surface area (Å²) in [6.45, 7) is 3.58. The molecule has 0 saturated heterocycles. The molecule has 0 radical (unpaired) electrons. The van der Waals surface area contributed by atoms with Gasteiger partial charge in [-0.05, 0) is 35.8 Å². The van der Waals surface area contributed by atoms with Crippen molar-refractivity contribution in [3.8, 4) is 23.6 Å². The minimum absolute atomic E-state index is 0.443. The van der Waals surface area contributed by atoms with Crippen LogP contribution >= 0.6 is 0 Å². The van der Waals surface area contributed by atoms with E-state index in [1.165, 1.54) is 6.07 Å². The standard InChI is InChI=1S/C23H19FN2O3/c1-23(2)19(12-16(24)13-25)21(23)22(27)29-20(14-26)15-7-6-10-18(11-15)28-17-8-4-3-5-9-17/h3-12,19-21H,1-2H3/t19-,20?,21+/m1/s1. The predicted octanol–water partition coefficient (Wildman–Crippen LogP) is 5.24. The SMILES string of the molecule is CC1(C)[C@H](C=C(F)C#N)[C@H]1C(=O)OC(C#N)c1cccc(Oc2ccccc2)c1. The Balaban J connectivity index is 1.72. The zero-order chi connectivity index (χ0) is 21.0. The molecule has 0 aliphatic heterocycles. The third-order valence-corrected chi connectivity index (χ3v) is 5.09. The van der Waals surface area contributed by atoms with Crippen LogP contribution in [-0.4, -0.2) is 5.97 Å². The lowest BCUT2D eigenvalue weighted by Gasteiger charge is -2.13. The van der Waals surface area contributed by atoms with Gasteiger partial charge in [0, 0.05) is 11.5 Å². The lowest BCUT2D eigenvalue weighted by atomic mass is 10.1. The third kappa shape index (κ3) is 4.44. The molecule has 0 heterocycles. The van der Waals surface area contributed by atoms with Gasteiger partial charge in [0.25, 0.3) is 0 Å². The fourth-order valence-corrected chi connectivity index (χ4v) is 3.36. The van der Waals surface area contributed by atoms with Gasteiger partial charge in [-0.15, -0.1) is 0 Å². The van der Waals surface area contributed by atoms with Crippen molar-refractivity contribution in [3.63, 3.8) is 0 Å². The Kier molecular flexibility index (Phi) is 5.66. The first kappa shape index (κ1) is 20.1. The number of ether oxygens (including phenoxy) is 2. The number of esters is 1. The molecule has 0 bridgehead atoms. The minimum atomic E-state index is -1.12. The number of halogens is 1. The minimum Gasteiger partial charge on any atom is -0.457 e. The highest BCUT2D eigenvalue weighted by Gasteiger charge is 2.62. The van der Waals surface area contributed by atoms with Gasteiger partial charge < -0.3 is 9.47 Å². The topological polar surface area (TPSA) is 83.1 Å². The van der Waals surface area contributed by atoms with Crippen LogP contribution in [-0.2, 0) is 9.53 Å². The lowest BCUT2D eigenvalue weighted by Crippen LogP contribution is -2.14. The smallest absolute Gasteiger partial charge is 0.311 e. The summed E-state index contributed by atoms with van der Waals surface area (Å²) in [6, 6.07) is 19.3. The van der Waals surface area contributed by atoms with E-state index in [-0.39, 0.29) is 0 Å². The normalized spacial score (nSPS) is 20.7. The van der Waals surface area contributed by atoms with E-state index in [4.69, 9.17) is 14.7 Å². The third-order valence-electron chi connectivity index (χ3n) is 5.09. The first-order valence-electron chi connectivity index (χ1n) is 9.07. The van der Waals surface area contributed by atoms with Gasteiger partial charge in [0.2, 0.25) is 6.10 Å². The number of nitrogens with zero attached hydrogens (tertiary/aromatic N) is 2. The lowest BCUT2D eigenvalue weighted by molar-refractivity contribution is -0.149. The molecule has 3 atom stereocenters. The monoisotopic (exact) mass is 390 g/mol. The highest BCUT2D eigenvalue weighted by Crippen LogP contribution is 2.60. The van der Waals surface area contributed by atoms with Crippen molar-refractivity contribution >= 4 is 5.97 Å². The number of nitriles is 2. The van der Waals surface area contributed by atoms with Gasteiger partial charge in [0.05, 0.1) is 5.92 Å². The van der Waals surface area contributed by atoms with Gasteiger partial charge in [-0.2, -0.15) is 14.9 Å². The van der Waals surface area contributed by atoms with Crippen molar-refractivity contribution in [2.45, 2.75) is 20.0 Å². The molecule has 1 unspecified atom stereocenters. The number of rotatable bonds is 6. The van der Waals surface area contributed by atoms with Gasteiger partial charge in [-0.1, -0.05) is 44.2 Å². The van der Waals surface area contributed by atoms with Gasteiger partial charge >= 0.3 is 5.97 Å². The largest absolute Gasteiger partial charge is 0.457 e. The van der Waals surface area contributed by atoms with Crippen LogP contribution in [0.1, 0.15) is 25.5 Å². The van der Waals surface area contributed by atoms with Crippen molar-refractivity contribution < 1.29 is 18.7 Å². The zero-order valence-corrected chi connectivity index (χ0v) is 16.0. The van der Waals surface area contributed by atoms with E-state index in [9.17, 15) is 14.4 Å². The summed E-state index contributed by atoms with van der Waals surface area (Å²) < 4.78 is 24.5. The molecule has 0 amide bonds. The molecule has 29 heavy (non-hydrogen) atoms. The molecule has 1 aliphatic rings. The van der Waals surface area contributed by atoms with Gasteiger partial charge in [0.1, 0.15) is 23.6 Å². The second kappa shape index (κ2) is 8.16. The van der Waals surface area contributed by atoms with Crippen LogP contribution < -0.4 is 4.74 Å². The van der Waals surface area contributed by atoms with E-state index in [2.05, 4.69) is 0 Å². The predicted molar refractivity (Wildman–Crippen MR) is 103 cm³/mol. The number of carbonyl (C=O) groups is 1. The Morgan fingerprint density at radius 2 is 1.83 bits per heavy atom. The first-order valence-corrected chi connectivity index (χ1v) is 9.07. The molecule has 1 saturated carbocycles. The number of benzene rings is 2. The molecule has 6 heteroatoms. The molecular formula is C23H19FN2O3. The van der Waals surface area contributed by atoms with Gasteiger partial charge in [0.15, 0.2) is 5.83 Å². The molecule has 0 N–H and O–H groups in total. The van der Waals surface area contributed by atoms with E-state index in [1.807, 2.05) is 24.3 Å². The highest BCUT2D eigenvalue weighted by atomic mass is 19.1. The number of hydrogen-bond donors (Lipinski definition) is 0. The summed E-state index contributed by atoms with van der Waals surface area (Å²) in [5.74, 6) is -1.43. The molecule has 1 fully saturated rings. The van der Waals surface area contributed by atoms with E-state index in [0.29, 0.717) is 17.1 Å². The molecule has 0 aromatic heterocycles. The Bertz CT molecular complexity index is 1020. The van der Waals surface area contributed by atoms with Crippen LogP contribution in [0.3, 0.4) is 0 Å². The zero-order valence-electron chi connectivity index (χ0n) is 16.0. The van der Waals surface area contributed by atoms with Crippen molar-refractivity contribution in [2.24, 2.45) is 17.3 Å². The fourth-order valence-electron chi connectivity index (χ4n) is 3.36. The van der Waals surface area contributed by atoms with Crippen LogP contribution in [0.15, 0.2) is 66.5 Å². The fraction of sp³-hybridized carbons (Fsp3) is 0.261. The number of para-hydroxylation sites is 1. The van der Waals surface area contributed by atoms with E-state index >= 15 is 0 Å². The maximum Gasteiger partial charge on any atom is 0.311 e. The van der Waals surface area contributed by atoms with Crippen LogP contribution in [0.4, 0.5) is 4.39 Å². The maximum absolute atomic E-state index is 13.3. The van der Waals surface area contributed by atoms with Crippen molar-refractivity contribution in [3.05, 3.63) is 72.1 Å². The Hall–Kier alpha value is -3.64. The molecule has 0 spiro atoms. The molecule has 5 nitrogen and oxygen atoms in total. The first-order chi connectivity index (χ1) is 13.9. The summed E-state index contributed by atoms with van der Waals surface area (Å²) >= 11 is 0. The number of allylic oxidation sites excluding steroid dienone is 2. The van der Waals surface area contributed by atoms with Crippen molar-refractivity contribution in [2.75, 3.05) is 0 Å². The summed E-state index contributed by atoms with van der Waals surface area (Å²) in [7, 11) is 0. The molecule has 1 aliphatic carbocycles. The molecular weight excluding hydrogens is 371 g/mol. The Morgan fingerprint density at radius 3 is 2.48 bits per heavy atom. The molecule has 146 valence electrons.